The Morgan fingerprint density at radius 2 is 0.280 bits per heavy atom. The van der Waals surface area contributed by atoms with E-state index in [0.29, 0.717) is 101 Å². The number of ether oxygens (including phenoxy) is 6. The first-order valence-corrected chi connectivity index (χ1v) is 53.6. The van der Waals surface area contributed by atoms with Crippen LogP contribution in [-0.2, 0) is 99.2 Å². The summed E-state index contributed by atoms with van der Waals surface area (Å²) in [6, 6.07) is 82.5. The van der Waals surface area contributed by atoms with Gasteiger partial charge < -0.3 is 28.4 Å². The Kier molecular flexibility index (Phi) is 34.0. The van der Waals surface area contributed by atoms with Crippen molar-refractivity contribution in [3.8, 4) is 101 Å². The van der Waals surface area contributed by atoms with Crippen molar-refractivity contribution in [2.45, 2.75) is 116 Å². The van der Waals surface area contributed by atoms with E-state index in [1.165, 1.54) is 0 Å². The maximum atomic E-state index is 12.5. The third-order valence-electron chi connectivity index (χ3n) is 22.6. The van der Waals surface area contributed by atoms with E-state index >= 15 is 0 Å². The quantitative estimate of drug-likeness (QED) is 0.0153. The van der Waals surface area contributed by atoms with Gasteiger partial charge in [-0.2, -0.15) is 50.5 Å². The van der Waals surface area contributed by atoms with Crippen LogP contribution in [0.5, 0.6) is 34.5 Å². The van der Waals surface area contributed by atoms with Crippen molar-refractivity contribution in [1.29, 1.82) is 0 Å². The molecule has 30 heteroatoms. The van der Waals surface area contributed by atoms with Crippen molar-refractivity contribution in [1.82, 2.24) is 0 Å². The van der Waals surface area contributed by atoms with Crippen LogP contribution >= 0.6 is 0 Å². The summed E-state index contributed by atoms with van der Waals surface area (Å²) >= 11 is 0. The topological polar surface area (TPSA) is 382 Å². The molecule has 0 aliphatic heterocycles. The average molecular weight is 1910 g/mol. The molecule has 0 spiro atoms. The summed E-state index contributed by atoms with van der Waals surface area (Å²) in [7, 11) is -26.6. The van der Waals surface area contributed by atoms with E-state index in [2.05, 4.69) is 0 Å². The lowest BCUT2D eigenvalue weighted by atomic mass is 9.86. The van der Waals surface area contributed by atoms with Gasteiger partial charge in [-0.3, -0.25) is 27.3 Å². The van der Waals surface area contributed by atoms with E-state index in [1.807, 2.05) is 255 Å². The smallest absolute Gasteiger partial charge is 0.264 e. The molecule has 0 amide bonds. The van der Waals surface area contributed by atoms with Gasteiger partial charge in [0, 0.05) is 38.5 Å². The number of fused-ring (bicyclic) bond motifs is 12. The van der Waals surface area contributed by atoms with Gasteiger partial charge in [-0.05, 0) is 283 Å². The van der Waals surface area contributed by atoms with Gasteiger partial charge in [-0.25, -0.2) is 0 Å². The van der Waals surface area contributed by atoms with Crippen LogP contribution in [0.15, 0.2) is 255 Å². The Morgan fingerprint density at radius 3 is 0.386 bits per heavy atom. The Labute approximate surface area is 773 Å². The second kappa shape index (κ2) is 45.6. The monoisotopic (exact) mass is 1910 g/mol. The first-order valence-electron chi connectivity index (χ1n) is 43.9. The standard InChI is InChI=1S/C102H108O24S6/c103-127(104,105)49-25-19-43-121-97-85-55-79(73-31-7-1-8-32-73)56-86(97)68-88-58-81(75-35-11-3-12-36-75)60-90(99(88)123-45-21-27-51-129(109,110)111)70-92-62-83(77-39-15-5-16-40-77)64-94(101(92)125-47-23-29-53-131(115,116)117)72-96-66-84(78-41-17-6-18-42-78)65-95(102(96)126-48-24-30-54-132(118,119)120)71-93-63-82(76-37-13-4-14-38-76)61-91(100(93)124-46-22-28-52-130(112,113)114)69-89-59-80(74-33-9-2-10-34-74)57-87(67-85)98(89)122-44-20-26-50-128(106,107)108/h1-18,31-42,55-66H,19-30,43-54,67-72H2,(H,103,104,105)(H,106,107,108)(H,109,110,111)(H,112,113,114)(H,115,116,117)(H,118,119,120). The van der Waals surface area contributed by atoms with Crippen LogP contribution in [0.3, 0.4) is 0 Å². The SMILES string of the molecule is O=S(=O)(O)CCCCOc1c2cc(-c3ccccc3)cc1Cc1cc(-c3ccccc3)cc(c1OCCCCS(=O)(=O)O)Cc1cc(-c3ccccc3)cc(c1OCCCCS(=O)(=O)O)Cc1cc(-c3ccccc3)cc(c1OCCCCS(=O)(=O)O)Cc1cc(-c3ccccc3)cc(c1OCCCCS(=O)(=O)O)Cc1cc(-c3ccccc3)cc(c1OCCCCS(=O)(=O)O)C2. The highest BCUT2D eigenvalue weighted by atomic mass is 32.2. The zero-order valence-corrected chi connectivity index (χ0v) is 77.8. The van der Waals surface area contributed by atoms with E-state index in [1.54, 1.807) is 0 Å². The van der Waals surface area contributed by atoms with Gasteiger partial charge >= 0.3 is 0 Å². The Bertz CT molecular complexity index is 5510. The zero-order valence-electron chi connectivity index (χ0n) is 72.9. The van der Waals surface area contributed by atoms with Gasteiger partial charge in [-0.15, -0.1) is 0 Å². The molecule has 0 radical (unpaired) electrons. The third-order valence-corrected chi connectivity index (χ3v) is 27.5. The molecule has 0 fully saturated rings. The zero-order chi connectivity index (χ0) is 93.5. The average Bonchev–Trinajstić information content (AvgIpc) is 0.763. The van der Waals surface area contributed by atoms with Crippen LogP contribution in [0.4, 0.5) is 0 Å². The van der Waals surface area contributed by atoms with Crippen molar-refractivity contribution in [2.24, 2.45) is 0 Å². The highest BCUT2D eigenvalue weighted by Gasteiger charge is 2.29. The molecule has 1 aliphatic rings. The number of rotatable bonds is 42. The largest absolute Gasteiger partial charge is 0.493 e. The minimum Gasteiger partial charge on any atom is -0.493 e. The van der Waals surface area contributed by atoms with Crippen molar-refractivity contribution in [2.75, 3.05) is 74.2 Å². The van der Waals surface area contributed by atoms with E-state index in [9.17, 15) is 77.8 Å². The lowest BCUT2D eigenvalue weighted by Crippen LogP contribution is -2.12. The van der Waals surface area contributed by atoms with Gasteiger partial charge in [0.2, 0.25) is 0 Å². The van der Waals surface area contributed by atoms with Crippen molar-refractivity contribution < 1.29 is 106 Å². The molecule has 0 atom stereocenters. The predicted molar refractivity (Wildman–Crippen MR) is 515 cm³/mol. The van der Waals surface area contributed by atoms with E-state index in [0.717, 1.165) is 66.8 Å². The summed E-state index contributed by atoms with van der Waals surface area (Å²) in [5, 5.41) is 0. The number of hydrogen-bond acceptors (Lipinski definition) is 18. The molecule has 6 N–H and O–H groups in total. The summed E-state index contributed by atoms with van der Waals surface area (Å²) in [6.07, 6.45) is 1.07. The fourth-order valence-electron chi connectivity index (χ4n) is 16.6. The fourth-order valence-corrected chi connectivity index (χ4v) is 20.0. The molecule has 0 heterocycles. The predicted octanol–water partition coefficient (Wildman–Crippen LogP) is 19.8. The van der Waals surface area contributed by atoms with E-state index < -0.39 is 95.2 Å². The minimum absolute atomic E-state index is 0.00612. The Morgan fingerprint density at radius 1 is 0.167 bits per heavy atom. The number of hydrogen-bond donors (Lipinski definition) is 6. The first kappa shape index (κ1) is 98.4. The van der Waals surface area contributed by atoms with Gasteiger partial charge in [-0.1, -0.05) is 182 Å². The molecule has 0 saturated carbocycles. The van der Waals surface area contributed by atoms with Gasteiger partial charge in [0.25, 0.3) is 60.7 Å². The molecule has 0 saturated heterocycles. The Hall–Kier alpha value is -11.1. The fraction of sp³-hybridized carbons (Fsp3) is 0.294. The highest BCUT2D eigenvalue weighted by molar-refractivity contribution is 7.87. The molecule has 0 unspecified atom stereocenters. The second-order valence-corrected chi connectivity index (χ2v) is 42.5. The number of benzene rings is 12. The molecule has 0 aromatic heterocycles. The van der Waals surface area contributed by atoms with Crippen LogP contribution in [0, 0.1) is 0 Å². The van der Waals surface area contributed by atoms with Crippen LogP contribution in [0.2, 0.25) is 0 Å². The van der Waals surface area contributed by atoms with Crippen molar-refractivity contribution >= 4 is 60.7 Å². The summed E-state index contributed by atoms with van der Waals surface area (Å²) in [5.41, 5.74) is 16.5. The summed E-state index contributed by atoms with van der Waals surface area (Å²) in [4.78, 5) is 0. The maximum absolute atomic E-state index is 12.5. The van der Waals surface area contributed by atoms with Crippen LogP contribution < -0.4 is 28.4 Å². The van der Waals surface area contributed by atoms with Crippen LogP contribution in [0.25, 0.3) is 66.8 Å². The molecule has 12 bridgehead atoms. The Balaban J connectivity index is 1.18. The summed E-state index contributed by atoms with van der Waals surface area (Å²) < 4.78 is 254. The summed E-state index contributed by atoms with van der Waals surface area (Å²) in [6.45, 7) is -0.427. The van der Waals surface area contributed by atoms with Crippen molar-refractivity contribution in [3.05, 3.63) is 322 Å². The molecule has 1 aliphatic carbocycles. The molecule has 12 aromatic rings. The maximum Gasteiger partial charge on any atom is 0.264 e. The van der Waals surface area contributed by atoms with Crippen molar-refractivity contribution in [3.63, 3.8) is 0 Å². The normalized spacial score (nSPS) is 12.8. The minimum atomic E-state index is -4.43. The molecule has 24 nitrogen and oxygen atoms in total. The van der Waals surface area contributed by atoms with Crippen LogP contribution in [-0.4, -0.2) is 152 Å². The van der Waals surface area contributed by atoms with Crippen LogP contribution in [0.1, 0.15) is 144 Å². The molecule has 132 heavy (non-hydrogen) atoms. The lowest BCUT2D eigenvalue weighted by Gasteiger charge is -2.25. The first-order chi connectivity index (χ1) is 63.2. The number of unbranched alkanes of at least 4 members (excludes halogenated alkanes) is 6. The summed E-state index contributed by atoms with van der Waals surface area (Å²) in [5.74, 6) is -1.08. The molecule has 13 rings (SSSR count). The molecular weight excluding hydrogens is 1800 g/mol. The van der Waals surface area contributed by atoms with E-state index in [-0.39, 0.29) is 155 Å². The molecular formula is C102H108O24S6. The highest BCUT2D eigenvalue weighted by Crippen LogP contribution is 2.47. The van der Waals surface area contributed by atoms with E-state index in [4.69, 9.17) is 28.4 Å². The molecule has 696 valence electrons. The van der Waals surface area contributed by atoms with Gasteiger partial charge in [0.1, 0.15) is 34.5 Å². The second-order valence-electron chi connectivity index (χ2n) is 33.0. The molecule has 12 aromatic carbocycles. The third kappa shape index (κ3) is 30.0. The lowest BCUT2D eigenvalue weighted by molar-refractivity contribution is 0.297. The van der Waals surface area contributed by atoms with Gasteiger partial charge in [0.15, 0.2) is 0 Å². The van der Waals surface area contributed by atoms with Gasteiger partial charge in [0.05, 0.1) is 74.2 Å².